The monoisotopic (exact) mass is 198 g/mol. The lowest BCUT2D eigenvalue weighted by atomic mass is 10.3. The van der Waals surface area contributed by atoms with Crippen molar-refractivity contribution in [2.75, 3.05) is 46.4 Å². The fraction of sp³-hybridized carbons (Fsp3) is 1.00. The van der Waals surface area contributed by atoms with Crippen molar-refractivity contribution in [3.05, 3.63) is 0 Å². The Labute approximate surface area is 87.0 Å². The van der Waals surface area contributed by atoms with Crippen LogP contribution in [0.1, 0.15) is 19.3 Å². The van der Waals surface area contributed by atoms with Gasteiger partial charge in [0.2, 0.25) is 0 Å². The number of hydrogen-bond acceptors (Lipinski definition) is 3. The third-order valence-electron chi connectivity index (χ3n) is 3.26. The van der Waals surface area contributed by atoms with E-state index in [4.69, 9.17) is 4.74 Å². The Balaban J connectivity index is 1.52. The van der Waals surface area contributed by atoms with Gasteiger partial charge in [0.1, 0.15) is 0 Å². The van der Waals surface area contributed by atoms with E-state index < -0.39 is 0 Å². The maximum Gasteiger partial charge on any atom is 0.0594 e. The summed E-state index contributed by atoms with van der Waals surface area (Å²) in [6, 6.07) is 0.916. The van der Waals surface area contributed by atoms with E-state index >= 15 is 0 Å². The summed E-state index contributed by atoms with van der Waals surface area (Å²) >= 11 is 0. The quantitative estimate of drug-likeness (QED) is 0.650. The normalized spacial score (nSPS) is 24.4. The van der Waals surface area contributed by atoms with Crippen molar-refractivity contribution in [1.29, 1.82) is 0 Å². The highest BCUT2D eigenvalue weighted by atomic mass is 16.5. The fourth-order valence-corrected chi connectivity index (χ4v) is 2.07. The van der Waals surface area contributed by atoms with Crippen molar-refractivity contribution in [3.8, 4) is 0 Å². The second kappa shape index (κ2) is 5.10. The van der Waals surface area contributed by atoms with Gasteiger partial charge in [0.05, 0.1) is 13.2 Å². The average molecular weight is 198 g/mol. The molecule has 1 heterocycles. The highest BCUT2D eigenvalue weighted by molar-refractivity contribution is 4.82. The maximum absolute atomic E-state index is 5.32. The third-order valence-corrected chi connectivity index (χ3v) is 3.26. The smallest absolute Gasteiger partial charge is 0.0594 e. The first-order valence-electron chi connectivity index (χ1n) is 5.86. The second-order valence-corrected chi connectivity index (χ2v) is 4.52. The van der Waals surface area contributed by atoms with Crippen LogP contribution in [-0.2, 0) is 4.74 Å². The molecule has 0 amide bonds. The van der Waals surface area contributed by atoms with Crippen LogP contribution in [0.3, 0.4) is 0 Å². The first-order chi connectivity index (χ1) is 6.86. The van der Waals surface area contributed by atoms with Gasteiger partial charge in [-0.15, -0.1) is 0 Å². The molecule has 0 unspecified atom stereocenters. The zero-order valence-corrected chi connectivity index (χ0v) is 9.24. The standard InChI is InChI=1S/C11H22N2O/c1-12(11-3-4-11)5-2-6-13-7-9-14-10-8-13/h11H,2-10H2,1H3. The predicted molar refractivity (Wildman–Crippen MR) is 57.5 cm³/mol. The van der Waals surface area contributed by atoms with Gasteiger partial charge in [-0.3, -0.25) is 4.90 Å². The highest BCUT2D eigenvalue weighted by Gasteiger charge is 2.25. The van der Waals surface area contributed by atoms with Crippen molar-refractivity contribution >= 4 is 0 Å². The number of rotatable bonds is 5. The van der Waals surface area contributed by atoms with Gasteiger partial charge in [-0.05, 0) is 39.4 Å². The van der Waals surface area contributed by atoms with Gasteiger partial charge in [-0.2, -0.15) is 0 Å². The lowest BCUT2D eigenvalue weighted by Crippen LogP contribution is -2.38. The van der Waals surface area contributed by atoms with E-state index in [0.29, 0.717) is 0 Å². The summed E-state index contributed by atoms with van der Waals surface area (Å²) in [7, 11) is 2.26. The topological polar surface area (TPSA) is 15.7 Å². The van der Waals surface area contributed by atoms with Crippen LogP contribution in [0.15, 0.2) is 0 Å². The zero-order chi connectivity index (χ0) is 9.80. The molecule has 1 saturated carbocycles. The summed E-state index contributed by atoms with van der Waals surface area (Å²) in [6.07, 6.45) is 4.16. The molecule has 3 heteroatoms. The summed E-state index contributed by atoms with van der Waals surface area (Å²) in [4.78, 5) is 5.03. The van der Waals surface area contributed by atoms with Crippen LogP contribution < -0.4 is 0 Å². The molecule has 0 bridgehead atoms. The molecule has 2 aliphatic rings. The molecule has 0 aromatic carbocycles. The molecule has 0 radical (unpaired) electrons. The SMILES string of the molecule is CN(CCCN1CCOCC1)C1CC1. The van der Waals surface area contributed by atoms with Crippen LogP contribution in [0, 0.1) is 0 Å². The molecular formula is C11H22N2O. The van der Waals surface area contributed by atoms with Crippen LogP contribution in [-0.4, -0.2) is 62.3 Å². The van der Waals surface area contributed by atoms with Crippen molar-refractivity contribution in [2.24, 2.45) is 0 Å². The first kappa shape index (κ1) is 10.4. The van der Waals surface area contributed by atoms with E-state index in [1.807, 2.05) is 0 Å². The van der Waals surface area contributed by atoms with Gasteiger partial charge in [-0.1, -0.05) is 0 Å². The largest absolute Gasteiger partial charge is 0.379 e. The van der Waals surface area contributed by atoms with E-state index in [0.717, 1.165) is 32.3 Å². The molecule has 0 aromatic rings. The predicted octanol–water partition coefficient (Wildman–Crippen LogP) is 0.803. The Morgan fingerprint density at radius 1 is 1.29 bits per heavy atom. The number of morpholine rings is 1. The average Bonchev–Trinajstić information content (AvgIpc) is 3.02. The number of nitrogens with zero attached hydrogens (tertiary/aromatic N) is 2. The molecular weight excluding hydrogens is 176 g/mol. The van der Waals surface area contributed by atoms with Crippen LogP contribution >= 0.6 is 0 Å². The zero-order valence-electron chi connectivity index (χ0n) is 9.24. The van der Waals surface area contributed by atoms with Crippen molar-refractivity contribution in [3.63, 3.8) is 0 Å². The van der Waals surface area contributed by atoms with Gasteiger partial charge < -0.3 is 9.64 Å². The molecule has 2 fully saturated rings. The minimum atomic E-state index is 0.916. The van der Waals surface area contributed by atoms with Gasteiger partial charge in [0, 0.05) is 19.1 Å². The molecule has 14 heavy (non-hydrogen) atoms. The summed E-state index contributed by atoms with van der Waals surface area (Å²) < 4.78 is 5.32. The lowest BCUT2D eigenvalue weighted by molar-refractivity contribution is 0.0363. The summed E-state index contributed by atoms with van der Waals surface area (Å²) in [5.74, 6) is 0. The van der Waals surface area contributed by atoms with Crippen molar-refractivity contribution in [1.82, 2.24) is 9.80 Å². The molecule has 0 spiro atoms. The van der Waals surface area contributed by atoms with Crippen LogP contribution in [0.5, 0.6) is 0 Å². The lowest BCUT2D eigenvalue weighted by Gasteiger charge is -2.27. The Morgan fingerprint density at radius 2 is 2.00 bits per heavy atom. The van der Waals surface area contributed by atoms with E-state index in [2.05, 4.69) is 16.8 Å². The van der Waals surface area contributed by atoms with Crippen LogP contribution in [0.25, 0.3) is 0 Å². The molecule has 1 aliphatic heterocycles. The maximum atomic E-state index is 5.32. The number of ether oxygens (including phenoxy) is 1. The van der Waals surface area contributed by atoms with E-state index in [9.17, 15) is 0 Å². The van der Waals surface area contributed by atoms with Crippen molar-refractivity contribution in [2.45, 2.75) is 25.3 Å². The number of hydrogen-bond donors (Lipinski definition) is 0. The first-order valence-corrected chi connectivity index (χ1v) is 5.86. The third kappa shape index (κ3) is 3.23. The van der Waals surface area contributed by atoms with E-state index in [-0.39, 0.29) is 0 Å². The molecule has 0 aromatic heterocycles. The summed E-state index contributed by atoms with van der Waals surface area (Å²) in [6.45, 7) is 6.64. The fourth-order valence-electron chi connectivity index (χ4n) is 2.07. The summed E-state index contributed by atoms with van der Waals surface area (Å²) in [5.41, 5.74) is 0. The van der Waals surface area contributed by atoms with Gasteiger partial charge in [0.15, 0.2) is 0 Å². The second-order valence-electron chi connectivity index (χ2n) is 4.52. The van der Waals surface area contributed by atoms with Gasteiger partial charge in [0.25, 0.3) is 0 Å². The Hall–Kier alpha value is -0.120. The van der Waals surface area contributed by atoms with Crippen LogP contribution in [0.2, 0.25) is 0 Å². The molecule has 1 saturated heterocycles. The Kier molecular flexibility index (Phi) is 3.79. The Morgan fingerprint density at radius 3 is 2.64 bits per heavy atom. The van der Waals surface area contributed by atoms with Gasteiger partial charge >= 0.3 is 0 Å². The molecule has 82 valence electrons. The minimum Gasteiger partial charge on any atom is -0.379 e. The van der Waals surface area contributed by atoms with Crippen LogP contribution in [0.4, 0.5) is 0 Å². The van der Waals surface area contributed by atoms with Gasteiger partial charge in [-0.25, -0.2) is 0 Å². The molecule has 3 nitrogen and oxygen atoms in total. The van der Waals surface area contributed by atoms with Crippen molar-refractivity contribution < 1.29 is 4.74 Å². The molecule has 2 rings (SSSR count). The Bertz CT molecular complexity index is 165. The highest BCUT2D eigenvalue weighted by Crippen LogP contribution is 2.25. The van der Waals surface area contributed by atoms with E-state index in [1.54, 1.807) is 0 Å². The summed E-state index contributed by atoms with van der Waals surface area (Å²) in [5, 5.41) is 0. The molecule has 0 N–H and O–H groups in total. The van der Waals surface area contributed by atoms with E-state index in [1.165, 1.54) is 32.4 Å². The molecule has 1 aliphatic carbocycles. The minimum absolute atomic E-state index is 0.916. The molecule has 0 atom stereocenters.